The van der Waals surface area contributed by atoms with Crippen molar-refractivity contribution in [1.82, 2.24) is 5.43 Å². The first-order valence-corrected chi connectivity index (χ1v) is 8.55. The largest absolute Gasteiger partial charge is 0.485 e. The van der Waals surface area contributed by atoms with Gasteiger partial charge in [-0.1, -0.05) is 24.3 Å². The number of nitrogens with one attached hydrogen (secondary N) is 1. The molecule has 1 aliphatic heterocycles. The topological polar surface area (TPSA) is 59.9 Å². The lowest BCUT2D eigenvalue weighted by molar-refractivity contribution is -0.130. The predicted octanol–water partition coefficient (Wildman–Crippen LogP) is 2.86. The summed E-state index contributed by atoms with van der Waals surface area (Å²) in [6.07, 6.45) is 2.79. The summed E-state index contributed by atoms with van der Waals surface area (Å²) in [5.41, 5.74) is 7.22. The van der Waals surface area contributed by atoms with Crippen LogP contribution >= 0.6 is 0 Å². The van der Waals surface area contributed by atoms with Gasteiger partial charge in [-0.15, -0.1) is 0 Å². The minimum absolute atomic E-state index is 0.177. The van der Waals surface area contributed by atoms with E-state index >= 15 is 0 Å². The van der Waals surface area contributed by atoms with Crippen LogP contribution in [0, 0.1) is 0 Å². The SMILES string of the molecule is C/C(=N/NC(=O)[C@@H]1COc2ccccc2O1)c1ccc2c(c1)CCC2. The van der Waals surface area contributed by atoms with Gasteiger partial charge in [0.25, 0.3) is 5.91 Å². The van der Waals surface area contributed by atoms with E-state index < -0.39 is 6.10 Å². The Hall–Kier alpha value is -2.82. The van der Waals surface area contributed by atoms with Gasteiger partial charge in [0.05, 0.1) is 5.71 Å². The lowest BCUT2D eigenvalue weighted by Gasteiger charge is -2.24. The first kappa shape index (κ1) is 15.7. The second kappa shape index (κ2) is 6.59. The van der Waals surface area contributed by atoms with E-state index in [1.807, 2.05) is 25.1 Å². The molecule has 0 unspecified atom stereocenters. The molecular formula is C20H20N2O3. The van der Waals surface area contributed by atoms with E-state index in [-0.39, 0.29) is 12.5 Å². The van der Waals surface area contributed by atoms with Crippen molar-refractivity contribution < 1.29 is 14.3 Å². The molecule has 1 N–H and O–H groups in total. The van der Waals surface area contributed by atoms with Crippen LogP contribution in [-0.2, 0) is 17.6 Å². The van der Waals surface area contributed by atoms with Crippen molar-refractivity contribution in [1.29, 1.82) is 0 Å². The molecule has 5 nitrogen and oxygen atoms in total. The van der Waals surface area contributed by atoms with Gasteiger partial charge in [-0.25, -0.2) is 5.43 Å². The summed E-state index contributed by atoms with van der Waals surface area (Å²) in [7, 11) is 0. The molecule has 0 spiro atoms. The Bertz CT molecular complexity index is 845. The Morgan fingerprint density at radius 2 is 1.92 bits per heavy atom. The van der Waals surface area contributed by atoms with Crippen LogP contribution in [0.2, 0.25) is 0 Å². The minimum atomic E-state index is -0.702. The molecule has 0 aromatic heterocycles. The molecular weight excluding hydrogens is 316 g/mol. The average Bonchev–Trinajstić information content (AvgIpc) is 3.13. The molecule has 0 saturated carbocycles. The molecule has 2 aliphatic rings. The zero-order chi connectivity index (χ0) is 17.2. The van der Waals surface area contributed by atoms with Gasteiger partial charge in [-0.2, -0.15) is 5.10 Å². The normalized spacial score (nSPS) is 18.6. The van der Waals surface area contributed by atoms with Crippen molar-refractivity contribution in [2.45, 2.75) is 32.3 Å². The highest BCUT2D eigenvalue weighted by Crippen LogP contribution is 2.30. The van der Waals surface area contributed by atoms with Gasteiger partial charge in [0.15, 0.2) is 11.5 Å². The van der Waals surface area contributed by atoms with Gasteiger partial charge < -0.3 is 9.47 Å². The summed E-state index contributed by atoms with van der Waals surface area (Å²) in [6, 6.07) is 13.7. The summed E-state index contributed by atoms with van der Waals surface area (Å²) < 4.78 is 11.3. The van der Waals surface area contributed by atoms with E-state index in [2.05, 4.69) is 28.7 Å². The molecule has 1 amide bonds. The highest BCUT2D eigenvalue weighted by atomic mass is 16.6. The zero-order valence-electron chi connectivity index (χ0n) is 14.1. The lowest BCUT2D eigenvalue weighted by atomic mass is 10.0. The number of carbonyl (C=O) groups is 1. The Balaban J connectivity index is 1.42. The average molecular weight is 336 g/mol. The van der Waals surface area contributed by atoms with Crippen LogP contribution in [0.3, 0.4) is 0 Å². The predicted molar refractivity (Wildman–Crippen MR) is 95.2 cm³/mol. The number of amides is 1. The fourth-order valence-corrected chi connectivity index (χ4v) is 3.22. The van der Waals surface area contributed by atoms with Gasteiger partial charge in [0.1, 0.15) is 6.61 Å². The maximum Gasteiger partial charge on any atom is 0.284 e. The van der Waals surface area contributed by atoms with Crippen LogP contribution in [0.15, 0.2) is 47.6 Å². The van der Waals surface area contributed by atoms with E-state index in [1.165, 1.54) is 17.5 Å². The molecule has 0 bridgehead atoms. The third kappa shape index (κ3) is 3.22. The van der Waals surface area contributed by atoms with E-state index in [4.69, 9.17) is 9.47 Å². The fraction of sp³-hybridized carbons (Fsp3) is 0.300. The van der Waals surface area contributed by atoms with Crippen LogP contribution in [0.5, 0.6) is 11.5 Å². The van der Waals surface area contributed by atoms with Crippen molar-refractivity contribution in [2.75, 3.05) is 6.61 Å². The number of hydrogen-bond donors (Lipinski definition) is 1. The summed E-state index contributed by atoms with van der Waals surface area (Å²) >= 11 is 0. The van der Waals surface area contributed by atoms with Crippen LogP contribution in [0.25, 0.3) is 0 Å². The quantitative estimate of drug-likeness (QED) is 0.692. The number of hydrazone groups is 1. The van der Waals surface area contributed by atoms with Gasteiger partial charge in [0, 0.05) is 0 Å². The molecule has 2 aromatic rings. The van der Waals surface area contributed by atoms with Gasteiger partial charge in [-0.05, 0) is 61.1 Å². The molecule has 0 radical (unpaired) electrons. The molecule has 1 atom stereocenters. The number of aryl methyl sites for hydroxylation is 2. The number of carbonyl (C=O) groups excluding carboxylic acids is 1. The van der Waals surface area contributed by atoms with Crippen LogP contribution in [-0.4, -0.2) is 24.3 Å². The van der Waals surface area contributed by atoms with E-state index in [9.17, 15) is 4.79 Å². The molecule has 1 heterocycles. The highest BCUT2D eigenvalue weighted by Gasteiger charge is 2.27. The number of hydrogen-bond acceptors (Lipinski definition) is 4. The molecule has 128 valence electrons. The van der Waals surface area contributed by atoms with Crippen molar-refractivity contribution in [2.24, 2.45) is 5.10 Å². The van der Waals surface area contributed by atoms with Gasteiger partial charge >= 0.3 is 0 Å². The summed E-state index contributed by atoms with van der Waals surface area (Å²) in [4.78, 5) is 12.3. The minimum Gasteiger partial charge on any atom is -0.485 e. The highest BCUT2D eigenvalue weighted by molar-refractivity contribution is 5.99. The fourth-order valence-electron chi connectivity index (χ4n) is 3.22. The monoisotopic (exact) mass is 336 g/mol. The van der Waals surface area contributed by atoms with E-state index in [0.29, 0.717) is 11.5 Å². The molecule has 5 heteroatoms. The Morgan fingerprint density at radius 3 is 2.80 bits per heavy atom. The molecule has 2 aromatic carbocycles. The first-order valence-electron chi connectivity index (χ1n) is 8.55. The number of nitrogens with zero attached hydrogens (tertiary/aromatic N) is 1. The van der Waals surface area contributed by atoms with Crippen molar-refractivity contribution in [3.8, 4) is 11.5 Å². The first-order chi connectivity index (χ1) is 12.2. The van der Waals surface area contributed by atoms with Crippen molar-refractivity contribution in [3.05, 3.63) is 59.2 Å². The van der Waals surface area contributed by atoms with Gasteiger partial charge in [-0.3, -0.25) is 4.79 Å². The molecule has 25 heavy (non-hydrogen) atoms. The number of rotatable bonds is 3. The molecule has 0 saturated heterocycles. The third-order valence-corrected chi connectivity index (χ3v) is 4.65. The number of ether oxygens (including phenoxy) is 2. The lowest BCUT2D eigenvalue weighted by Crippen LogP contribution is -2.42. The van der Waals surface area contributed by atoms with Crippen molar-refractivity contribution in [3.63, 3.8) is 0 Å². The van der Waals surface area contributed by atoms with E-state index in [1.54, 1.807) is 6.07 Å². The van der Waals surface area contributed by atoms with Crippen LogP contribution in [0.1, 0.15) is 30.0 Å². The van der Waals surface area contributed by atoms with Gasteiger partial charge in [0.2, 0.25) is 6.10 Å². The van der Waals surface area contributed by atoms with E-state index in [0.717, 1.165) is 24.1 Å². The maximum absolute atomic E-state index is 12.3. The number of fused-ring (bicyclic) bond motifs is 2. The molecule has 0 fully saturated rings. The summed E-state index contributed by atoms with van der Waals surface area (Å²) in [5.74, 6) is 0.924. The van der Waals surface area contributed by atoms with Crippen LogP contribution < -0.4 is 14.9 Å². The van der Waals surface area contributed by atoms with Crippen LogP contribution in [0.4, 0.5) is 0 Å². The number of para-hydroxylation sites is 2. The molecule has 1 aliphatic carbocycles. The zero-order valence-corrected chi connectivity index (χ0v) is 14.1. The standard InChI is InChI=1S/C20H20N2O3/c1-13(15-10-9-14-5-4-6-16(14)11-15)21-22-20(23)19-12-24-17-7-2-3-8-18(17)25-19/h2-3,7-11,19H,4-6,12H2,1H3,(H,22,23)/b21-13-/t19-/m0/s1. The second-order valence-electron chi connectivity index (χ2n) is 6.37. The Morgan fingerprint density at radius 1 is 1.12 bits per heavy atom. The maximum atomic E-state index is 12.3. The third-order valence-electron chi connectivity index (χ3n) is 4.65. The number of benzene rings is 2. The smallest absolute Gasteiger partial charge is 0.284 e. The molecule has 4 rings (SSSR count). The summed E-state index contributed by atoms with van der Waals surface area (Å²) in [6.45, 7) is 2.07. The summed E-state index contributed by atoms with van der Waals surface area (Å²) in [5, 5.41) is 4.23. The Kier molecular flexibility index (Phi) is 4.14. The Labute approximate surface area is 146 Å². The second-order valence-corrected chi connectivity index (χ2v) is 6.37. The van der Waals surface area contributed by atoms with Crippen molar-refractivity contribution >= 4 is 11.6 Å².